The predicted molar refractivity (Wildman–Crippen MR) is 82.7 cm³/mol. The molecule has 2 N–H and O–H groups in total. The van der Waals surface area contributed by atoms with Gasteiger partial charge < -0.3 is 15.5 Å². The summed E-state index contributed by atoms with van der Waals surface area (Å²) in [6.45, 7) is 9.08. The smallest absolute Gasteiger partial charge is 0.191 e. The molecule has 0 amide bonds. The molecule has 2 heterocycles. The van der Waals surface area contributed by atoms with E-state index in [1.165, 1.54) is 38.8 Å². The minimum Gasteiger partial charge on any atom is -0.356 e. The zero-order valence-electron chi connectivity index (χ0n) is 11.5. The van der Waals surface area contributed by atoms with Gasteiger partial charge in [-0.1, -0.05) is 6.92 Å². The number of nitrogens with zero attached hydrogens (tertiary/aromatic N) is 2. The van der Waals surface area contributed by atoms with E-state index in [0.717, 1.165) is 38.1 Å². The number of piperidine rings is 1. The Labute approximate surface area is 121 Å². The largest absolute Gasteiger partial charge is 0.356 e. The molecule has 0 aliphatic carbocycles. The first-order valence-corrected chi connectivity index (χ1v) is 7.09. The summed E-state index contributed by atoms with van der Waals surface area (Å²) in [5.74, 6) is 1.88. The Kier molecular flexibility index (Phi) is 7.66. The van der Waals surface area contributed by atoms with Crippen molar-refractivity contribution in [1.29, 1.82) is 0 Å². The lowest BCUT2D eigenvalue weighted by Gasteiger charge is -2.30. The van der Waals surface area contributed by atoms with Crippen molar-refractivity contribution in [3.63, 3.8) is 0 Å². The number of rotatable bonds is 3. The molecule has 2 aliphatic heterocycles. The summed E-state index contributed by atoms with van der Waals surface area (Å²) in [5, 5.41) is 6.77. The van der Waals surface area contributed by atoms with E-state index in [1.807, 2.05) is 0 Å². The van der Waals surface area contributed by atoms with E-state index in [0.29, 0.717) is 0 Å². The van der Waals surface area contributed by atoms with E-state index in [1.54, 1.807) is 0 Å². The zero-order valence-corrected chi connectivity index (χ0v) is 13.2. The maximum Gasteiger partial charge on any atom is 0.191 e. The molecule has 1 atom stereocenters. The van der Waals surface area contributed by atoms with Crippen LogP contribution in [0, 0.1) is 5.92 Å². The van der Waals surface area contributed by atoms with Crippen molar-refractivity contribution in [2.75, 3.05) is 39.3 Å². The highest BCUT2D eigenvalue weighted by molar-refractivity contribution is 8.93. The molecule has 0 radical (unpaired) electrons. The van der Waals surface area contributed by atoms with Gasteiger partial charge in [-0.25, -0.2) is 0 Å². The summed E-state index contributed by atoms with van der Waals surface area (Å²) in [6.07, 6.45) is 5.21. The first-order chi connectivity index (χ1) is 8.34. The fourth-order valence-electron chi connectivity index (χ4n) is 2.63. The van der Waals surface area contributed by atoms with Crippen LogP contribution in [0.25, 0.3) is 0 Å². The predicted octanol–water partition coefficient (Wildman–Crippen LogP) is 1.63. The van der Waals surface area contributed by atoms with Crippen LogP contribution in [0.3, 0.4) is 0 Å². The third-order valence-electron chi connectivity index (χ3n) is 3.61. The average Bonchev–Trinajstić information content (AvgIpc) is 2.58. The van der Waals surface area contributed by atoms with Gasteiger partial charge in [0.25, 0.3) is 0 Å². The molecule has 1 saturated heterocycles. The summed E-state index contributed by atoms with van der Waals surface area (Å²) < 4.78 is 0. The topological polar surface area (TPSA) is 39.7 Å². The van der Waals surface area contributed by atoms with E-state index < -0.39 is 0 Å². The summed E-state index contributed by atoms with van der Waals surface area (Å²) in [7, 11) is 0. The number of halogens is 1. The molecule has 0 bridgehead atoms. The Morgan fingerprint density at radius 1 is 1.39 bits per heavy atom. The molecule has 5 heteroatoms. The van der Waals surface area contributed by atoms with E-state index >= 15 is 0 Å². The highest BCUT2D eigenvalue weighted by Gasteiger charge is 2.15. The van der Waals surface area contributed by atoms with Crippen molar-refractivity contribution >= 4 is 22.9 Å². The van der Waals surface area contributed by atoms with E-state index in [2.05, 4.69) is 27.4 Å². The van der Waals surface area contributed by atoms with Gasteiger partial charge >= 0.3 is 0 Å². The van der Waals surface area contributed by atoms with E-state index in [4.69, 9.17) is 0 Å². The second-order valence-corrected chi connectivity index (χ2v) is 5.34. The van der Waals surface area contributed by atoms with Crippen LogP contribution in [0.15, 0.2) is 4.99 Å². The molecule has 2 rings (SSSR count). The number of aliphatic imine (C=N–C) groups is 1. The van der Waals surface area contributed by atoms with Crippen LogP contribution in [-0.2, 0) is 0 Å². The van der Waals surface area contributed by atoms with Gasteiger partial charge in [0.1, 0.15) is 0 Å². The van der Waals surface area contributed by atoms with Gasteiger partial charge in [-0.2, -0.15) is 0 Å². The Morgan fingerprint density at radius 3 is 3.11 bits per heavy atom. The molecule has 0 spiro atoms. The fraction of sp³-hybridized carbons (Fsp3) is 0.923. The summed E-state index contributed by atoms with van der Waals surface area (Å²) in [5.41, 5.74) is 0. The van der Waals surface area contributed by atoms with Gasteiger partial charge in [0.15, 0.2) is 5.96 Å². The molecule has 1 fully saturated rings. The SMILES string of the molecule is Br.CC1CCCN(CCNC2=NCCCCN2)C1. The molecule has 1 unspecified atom stereocenters. The number of guanidine groups is 1. The quantitative estimate of drug-likeness (QED) is 0.830. The minimum absolute atomic E-state index is 0. The van der Waals surface area contributed by atoms with Crippen molar-refractivity contribution in [1.82, 2.24) is 15.5 Å². The highest BCUT2D eigenvalue weighted by atomic mass is 79.9. The van der Waals surface area contributed by atoms with Crippen LogP contribution in [0.5, 0.6) is 0 Å². The number of likely N-dealkylation sites (tertiary alicyclic amines) is 1. The van der Waals surface area contributed by atoms with E-state index in [-0.39, 0.29) is 17.0 Å². The van der Waals surface area contributed by atoms with Crippen molar-refractivity contribution in [2.24, 2.45) is 10.9 Å². The second kappa shape index (κ2) is 8.75. The van der Waals surface area contributed by atoms with Crippen molar-refractivity contribution in [3.8, 4) is 0 Å². The fourth-order valence-corrected chi connectivity index (χ4v) is 2.63. The lowest BCUT2D eigenvalue weighted by atomic mass is 10.0. The maximum absolute atomic E-state index is 4.50. The number of hydrogen-bond acceptors (Lipinski definition) is 4. The van der Waals surface area contributed by atoms with Gasteiger partial charge in [-0.05, 0) is 38.1 Å². The molecule has 4 nitrogen and oxygen atoms in total. The number of nitrogens with one attached hydrogen (secondary N) is 2. The monoisotopic (exact) mass is 318 g/mol. The van der Waals surface area contributed by atoms with Gasteiger partial charge in [0.05, 0.1) is 0 Å². The molecule has 0 aromatic rings. The van der Waals surface area contributed by atoms with Crippen molar-refractivity contribution in [2.45, 2.75) is 32.6 Å². The van der Waals surface area contributed by atoms with Gasteiger partial charge in [0, 0.05) is 32.7 Å². The van der Waals surface area contributed by atoms with Crippen LogP contribution in [0.1, 0.15) is 32.6 Å². The first-order valence-electron chi connectivity index (χ1n) is 7.09. The Balaban J connectivity index is 0.00000162. The van der Waals surface area contributed by atoms with Crippen LogP contribution in [-0.4, -0.2) is 50.1 Å². The highest BCUT2D eigenvalue weighted by Crippen LogP contribution is 2.14. The summed E-state index contributed by atoms with van der Waals surface area (Å²) in [6, 6.07) is 0. The minimum atomic E-state index is 0. The molecule has 106 valence electrons. The van der Waals surface area contributed by atoms with Crippen LogP contribution < -0.4 is 10.6 Å². The molecule has 2 aliphatic rings. The normalized spacial score (nSPS) is 25.4. The first kappa shape index (κ1) is 15.8. The summed E-state index contributed by atoms with van der Waals surface area (Å²) >= 11 is 0. The lowest BCUT2D eigenvalue weighted by molar-refractivity contribution is 0.187. The van der Waals surface area contributed by atoms with Crippen LogP contribution in [0.4, 0.5) is 0 Å². The molecular weight excluding hydrogens is 292 g/mol. The molecule has 18 heavy (non-hydrogen) atoms. The lowest BCUT2D eigenvalue weighted by Crippen LogP contribution is -2.43. The Bertz CT molecular complexity index is 257. The second-order valence-electron chi connectivity index (χ2n) is 5.34. The average molecular weight is 319 g/mol. The van der Waals surface area contributed by atoms with E-state index in [9.17, 15) is 0 Å². The molecular formula is C13H27BrN4. The zero-order chi connectivity index (χ0) is 11.9. The van der Waals surface area contributed by atoms with Crippen molar-refractivity contribution < 1.29 is 0 Å². The molecule has 0 aromatic heterocycles. The third kappa shape index (κ3) is 5.57. The van der Waals surface area contributed by atoms with Crippen LogP contribution >= 0.6 is 17.0 Å². The maximum atomic E-state index is 4.50. The van der Waals surface area contributed by atoms with Gasteiger partial charge in [-0.3, -0.25) is 4.99 Å². The van der Waals surface area contributed by atoms with Gasteiger partial charge in [0.2, 0.25) is 0 Å². The molecule has 0 saturated carbocycles. The van der Waals surface area contributed by atoms with Crippen molar-refractivity contribution in [3.05, 3.63) is 0 Å². The van der Waals surface area contributed by atoms with Crippen LogP contribution in [0.2, 0.25) is 0 Å². The third-order valence-corrected chi connectivity index (χ3v) is 3.61. The van der Waals surface area contributed by atoms with Gasteiger partial charge in [-0.15, -0.1) is 17.0 Å². The Morgan fingerprint density at radius 2 is 2.28 bits per heavy atom. The molecule has 0 aromatic carbocycles. The summed E-state index contributed by atoms with van der Waals surface area (Å²) in [4.78, 5) is 7.06. The number of hydrogen-bond donors (Lipinski definition) is 2. The Hall–Kier alpha value is -0.290. The standard InChI is InChI=1S/C13H26N4.BrH/c1-12-5-4-9-17(11-12)10-8-16-13-14-6-2-3-7-15-13;/h12H,2-11H2,1H3,(H2,14,15,16);1H.